The molecule has 0 N–H and O–H groups in total. The molecule has 0 amide bonds. The minimum Gasteiger partial charge on any atom is -0.258 e. The predicted molar refractivity (Wildman–Crippen MR) is 56.7 cm³/mol. The van der Waals surface area contributed by atoms with Gasteiger partial charge in [-0.3, -0.25) is 10.1 Å². The van der Waals surface area contributed by atoms with Crippen LogP contribution in [0.1, 0.15) is 0 Å². The molecule has 0 atom stereocenters. The molecule has 0 saturated heterocycles. The molecule has 1 rings (SSSR count). The normalized spacial score (nSPS) is 10.0. The van der Waals surface area contributed by atoms with Gasteiger partial charge in [0.15, 0.2) is 0 Å². The number of thioether (sulfide) groups is 2. The second-order valence-corrected chi connectivity index (χ2v) is 4.09. The maximum absolute atomic E-state index is 10.5. The van der Waals surface area contributed by atoms with Gasteiger partial charge in [0.1, 0.15) is 0 Å². The molecule has 1 aromatic carbocycles. The summed E-state index contributed by atoms with van der Waals surface area (Å²) in [5.74, 6) is 0. The quantitative estimate of drug-likeness (QED) is 0.441. The highest BCUT2D eigenvalue weighted by Crippen LogP contribution is 2.27. The molecule has 0 saturated carbocycles. The standard InChI is InChI=1S/C8H9NO2S2/c1-12-7-3-6(9(10)11)4-8(5-7)13-2/h3-5H,1-2H3. The molecule has 0 aliphatic carbocycles. The van der Waals surface area contributed by atoms with E-state index in [2.05, 4.69) is 0 Å². The van der Waals surface area contributed by atoms with Crippen LogP contribution in [0.4, 0.5) is 5.69 Å². The minimum absolute atomic E-state index is 0.163. The average Bonchev–Trinajstić information content (AvgIpc) is 2.16. The summed E-state index contributed by atoms with van der Waals surface area (Å²) < 4.78 is 0. The van der Waals surface area contributed by atoms with Crippen molar-refractivity contribution in [2.45, 2.75) is 9.79 Å². The van der Waals surface area contributed by atoms with E-state index in [9.17, 15) is 10.1 Å². The first-order valence-electron chi connectivity index (χ1n) is 3.55. The number of hydrogen-bond acceptors (Lipinski definition) is 4. The highest BCUT2D eigenvalue weighted by atomic mass is 32.2. The maximum Gasteiger partial charge on any atom is 0.271 e. The summed E-state index contributed by atoms with van der Waals surface area (Å²) in [6.07, 6.45) is 3.81. The lowest BCUT2D eigenvalue weighted by Crippen LogP contribution is -1.88. The molecule has 0 fully saturated rings. The van der Waals surface area contributed by atoms with Crippen molar-refractivity contribution in [2.24, 2.45) is 0 Å². The Hall–Kier alpha value is -0.680. The van der Waals surface area contributed by atoms with Crippen LogP contribution in [0.2, 0.25) is 0 Å². The zero-order valence-electron chi connectivity index (χ0n) is 7.31. The summed E-state index contributed by atoms with van der Waals surface area (Å²) >= 11 is 3.02. The molecule has 0 aromatic heterocycles. The van der Waals surface area contributed by atoms with Gasteiger partial charge < -0.3 is 0 Å². The highest BCUT2D eigenvalue weighted by Gasteiger charge is 2.08. The molecular formula is C8H9NO2S2. The molecule has 0 bridgehead atoms. The molecule has 70 valence electrons. The molecule has 0 aliphatic heterocycles. The zero-order valence-corrected chi connectivity index (χ0v) is 8.95. The number of rotatable bonds is 3. The molecule has 0 radical (unpaired) electrons. The van der Waals surface area contributed by atoms with Crippen molar-refractivity contribution in [3.63, 3.8) is 0 Å². The molecule has 0 unspecified atom stereocenters. The summed E-state index contributed by atoms with van der Waals surface area (Å²) in [4.78, 5) is 12.0. The number of nitro benzene ring substituents is 1. The summed E-state index contributed by atoms with van der Waals surface area (Å²) in [6, 6.07) is 5.12. The second-order valence-electron chi connectivity index (χ2n) is 2.33. The Morgan fingerprint density at radius 3 is 1.92 bits per heavy atom. The van der Waals surface area contributed by atoms with Gasteiger partial charge in [-0.25, -0.2) is 0 Å². The number of nitro groups is 1. The molecule has 0 aliphatic rings. The molecule has 0 spiro atoms. The van der Waals surface area contributed by atoms with Crippen LogP contribution in [-0.4, -0.2) is 17.4 Å². The number of benzene rings is 1. The first-order valence-corrected chi connectivity index (χ1v) is 6.00. The van der Waals surface area contributed by atoms with Crippen LogP contribution in [0.15, 0.2) is 28.0 Å². The van der Waals surface area contributed by atoms with Gasteiger partial charge in [-0.05, 0) is 18.6 Å². The Bertz CT molecular complexity index is 306. The van der Waals surface area contributed by atoms with Gasteiger partial charge in [-0.15, -0.1) is 23.5 Å². The fraction of sp³-hybridized carbons (Fsp3) is 0.250. The number of hydrogen-bond donors (Lipinski definition) is 0. The molecule has 5 heteroatoms. The first kappa shape index (κ1) is 10.4. The number of nitrogens with zero attached hydrogens (tertiary/aromatic N) is 1. The largest absolute Gasteiger partial charge is 0.271 e. The summed E-state index contributed by atoms with van der Waals surface area (Å²) in [6.45, 7) is 0. The summed E-state index contributed by atoms with van der Waals surface area (Å²) in [7, 11) is 0. The molecule has 13 heavy (non-hydrogen) atoms. The minimum atomic E-state index is -0.362. The zero-order chi connectivity index (χ0) is 9.84. The van der Waals surface area contributed by atoms with E-state index in [1.165, 1.54) is 23.5 Å². The van der Waals surface area contributed by atoms with Crippen molar-refractivity contribution in [2.75, 3.05) is 12.5 Å². The summed E-state index contributed by atoms with van der Waals surface area (Å²) in [5, 5.41) is 10.5. The Morgan fingerprint density at radius 1 is 1.15 bits per heavy atom. The van der Waals surface area contributed by atoms with Crippen LogP contribution >= 0.6 is 23.5 Å². The maximum atomic E-state index is 10.5. The van der Waals surface area contributed by atoms with Gasteiger partial charge in [0.25, 0.3) is 5.69 Å². The second kappa shape index (κ2) is 4.53. The Labute approximate surface area is 85.1 Å². The van der Waals surface area contributed by atoms with E-state index >= 15 is 0 Å². The van der Waals surface area contributed by atoms with Crippen LogP contribution in [0.5, 0.6) is 0 Å². The van der Waals surface area contributed by atoms with Crippen molar-refractivity contribution in [3.05, 3.63) is 28.3 Å². The van der Waals surface area contributed by atoms with Crippen molar-refractivity contribution < 1.29 is 4.92 Å². The van der Waals surface area contributed by atoms with Crippen LogP contribution in [-0.2, 0) is 0 Å². The van der Waals surface area contributed by atoms with Gasteiger partial charge in [0, 0.05) is 21.9 Å². The predicted octanol–water partition coefficient (Wildman–Crippen LogP) is 3.04. The van der Waals surface area contributed by atoms with E-state index in [4.69, 9.17) is 0 Å². The van der Waals surface area contributed by atoms with E-state index in [1.54, 1.807) is 12.1 Å². The fourth-order valence-electron chi connectivity index (χ4n) is 0.898. The van der Waals surface area contributed by atoms with Gasteiger partial charge >= 0.3 is 0 Å². The molecular weight excluding hydrogens is 206 g/mol. The van der Waals surface area contributed by atoms with Gasteiger partial charge in [-0.2, -0.15) is 0 Å². The van der Waals surface area contributed by atoms with E-state index in [0.717, 1.165) is 9.79 Å². The highest BCUT2D eigenvalue weighted by molar-refractivity contribution is 7.99. The molecule has 1 aromatic rings. The summed E-state index contributed by atoms with van der Waals surface area (Å²) in [5.41, 5.74) is 0.163. The van der Waals surface area contributed by atoms with Crippen LogP contribution < -0.4 is 0 Å². The van der Waals surface area contributed by atoms with E-state index in [1.807, 2.05) is 18.6 Å². The Balaban J connectivity index is 3.14. The average molecular weight is 215 g/mol. The van der Waals surface area contributed by atoms with Crippen molar-refractivity contribution in [3.8, 4) is 0 Å². The van der Waals surface area contributed by atoms with Crippen LogP contribution in [0.3, 0.4) is 0 Å². The van der Waals surface area contributed by atoms with Gasteiger partial charge in [0.2, 0.25) is 0 Å². The lowest BCUT2D eigenvalue weighted by Gasteiger charge is -2.00. The lowest BCUT2D eigenvalue weighted by atomic mass is 10.3. The SMILES string of the molecule is CSc1cc(SC)cc([N+](=O)[O-])c1. The van der Waals surface area contributed by atoms with Gasteiger partial charge in [0.05, 0.1) is 4.92 Å². The Morgan fingerprint density at radius 2 is 1.62 bits per heavy atom. The lowest BCUT2D eigenvalue weighted by molar-refractivity contribution is -0.385. The number of non-ortho nitro benzene ring substituents is 1. The van der Waals surface area contributed by atoms with Crippen LogP contribution in [0.25, 0.3) is 0 Å². The van der Waals surface area contributed by atoms with E-state index in [0.29, 0.717) is 0 Å². The van der Waals surface area contributed by atoms with Crippen LogP contribution in [0, 0.1) is 10.1 Å². The van der Waals surface area contributed by atoms with Crippen molar-refractivity contribution >= 4 is 29.2 Å². The van der Waals surface area contributed by atoms with E-state index < -0.39 is 0 Å². The monoisotopic (exact) mass is 215 g/mol. The molecule has 0 heterocycles. The third kappa shape index (κ3) is 2.63. The first-order chi connectivity index (χ1) is 6.17. The fourth-order valence-corrected chi connectivity index (χ4v) is 1.94. The van der Waals surface area contributed by atoms with E-state index in [-0.39, 0.29) is 10.6 Å². The third-order valence-corrected chi connectivity index (χ3v) is 2.96. The van der Waals surface area contributed by atoms with Gasteiger partial charge in [-0.1, -0.05) is 0 Å². The third-order valence-electron chi connectivity index (χ3n) is 1.55. The topological polar surface area (TPSA) is 43.1 Å². The Kier molecular flexibility index (Phi) is 3.62. The van der Waals surface area contributed by atoms with Crippen molar-refractivity contribution in [1.29, 1.82) is 0 Å². The molecule has 3 nitrogen and oxygen atoms in total. The smallest absolute Gasteiger partial charge is 0.258 e. The van der Waals surface area contributed by atoms with Crippen molar-refractivity contribution in [1.82, 2.24) is 0 Å².